The Morgan fingerprint density at radius 2 is 2.40 bits per heavy atom. The fourth-order valence-corrected chi connectivity index (χ4v) is 4.03. The summed E-state index contributed by atoms with van der Waals surface area (Å²) >= 11 is 3.60. The highest BCUT2D eigenvalue weighted by Crippen LogP contribution is 2.27. The van der Waals surface area contributed by atoms with Crippen LogP contribution in [0.2, 0.25) is 0 Å². The first-order chi connectivity index (χ1) is 9.44. The summed E-state index contributed by atoms with van der Waals surface area (Å²) in [5.74, 6) is 0.984. The van der Waals surface area contributed by atoms with Crippen molar-refractivity contribution >= 4 is 29.2 Å². The van der Waals surface area contributed by atoms with E-state index in [0.717, 1.165) is 25.3 Å². The standard InChI is InChI=1S/C14H22N2O2S2/c1-14(2,3)18-13(17)16-6-4-5-11(8-16)19-9-12-7-15-10-20-12/h7,10-11H,4-6,8-9H2,1-3H3/t11-/m1/s1. The molecule has 1 aliphatic heterocycles. The van der Waals surface area contributed by atoms with Gasteiger partial charge >= 0.3 is 6.09 Å². The summed E-state index contributed by atoms with van der Waals surface area (Å²) in [6, 6.07) is 0. The van der Waals surface area contributed by atoms with E-state index in [1.165, 1.54) is 11.3 Å². The predicted molar refractivity (Wildman–Crippen MR) is 84.2 cm³/mol. The number of hydrogen-bond acceptors (Lipinski definition) is 5. The molecule has 1 aliphatic rings. The number of nitrogens with zero attached hydrogens (tertiary/aromatic N) is 2. The molecule has 0 bridgehead atoms. The van der Waals surface area contributed by atoms with Gasteiger partial charge in [-0.15, -0.1) is 11.3 Å². The van der Waals surface area contributed by atoms with Gasteiger partial charge < -0.3 is 9.64 Å². The van der Waals surface area contributed by atoms with Crippen LogP contribution in [0.25, 0.3) is 0 Å². The lowest BCUT2D eigenvalue weighted by Gasteiger charge is -2.33. The van der Waals surface area contributed by atoms with E-state index in [2.05, 4.69) is 4.98 Å². The van der Waals surface area contributed by atoms with E-state index < -0.39 is 5.60 Å². The Morgan fingerprint density at radius 3 is 3.05 bits per heavy atom. The topological polar surface area (TPSA) is 42.4 Å². The van der Waals surface area contributed by atoms with Crippen molar-refractivity contribution < 1.29 is 9.53 Å². The van der Waals surface area contributed by atoms with E-state index in [4.69, 9.17) is 4.74 Å². The van der Waals surface area contributed by atoms with Crippen molar-refractivity contribution in [2.75, 3.05) is 13.1 Å². The van der Waals surface area contributed by atoms with Crippen molar-refractivity contribution in [1.82, 2.24) is 9.88 Å². The average molecular weight is 314 g/mol. The van der Waals surface area contributed by atoms with Gasteiger partial charge in [0.25, 0.3) is 0 Å². The lowest BCUT2D eigenvalue weighted by atomic mass is 10.1. The second kappa shape index (κ2) is 6.80. The van der Waals surface area contributed by atoms with Gasteiger partial charge in [0, 0.05) is 35.2 Å². The first kappa shape index (κ1) is 15.6. The van der Waals surface area contributed by atoms with E-state index in [1.807, 2.05) is 49.1 Å². The number of ether oxygens (including phenoxy) is 1. The van der Waals surface area contributed by atoms with Crippen LogP contribution in [-0.2, 0) is 10.5 Å². The zero-order valence-corrected chi connectivity index (χ0v) is 13.9. The zero-order chi connectivity index (χ0) is 14.6. The molecule has 1 fully saturated rings. The van der Waals surface area contributed by atoms with E-state index >= 15 is 0 Å². The number of thioether (sulfide) groups is 1. The highest BCUT2D eigenvalue weighted by atomic mass is 32.2. The number of likely N-dealkylation sites (tertiary alicyclic amines) is 1. The van der Waals surface area contributed by atoms with E-state index in [9.17, 15) is 4.79 Å². The van der Waals surface area contributed by atoms with Crippen LogP contribution in [0.15, 0.2) is 11.7 Å². The quantitative estimate of drug-likeness (QED) is 0.851. The van der Waals surface area contributed by atoms with Gasteiger partial charge in [-0.1, -0.05) is 0 Å². The second-order valence-corrected chi connectivity index (χ2v) is 8.23. The number of thiazole rings is 1. The van der Waals surface area contributed by atoms with Crippen molar-refractivity contribution in [3.8, 4) is 0 Å². The van der Waals surface area contributed by atoms with Gasteiger partial charge in [0.05, 0.1) is 5.51 Å². The monoisotopic (exact) mass is 314 g/mol. The third kappa shape index (κ3) is 4.98. The number of piperidine rings is 1. The molecule has 0 radical (unpaired) electrons. The molecule has 0 aromatic carbocycles. The third-order valence-corrected chi connectivity index (χ3v) is 5.27. The Hall–Kier alpha value is -0.750. The fourth-order valence-electron chi connectivity index (χ4n) is 2.08. The summed E-state index contributed by atoms with van der Waals surface area (Å²) < 4.78 is 5.45. The number of carbonyl (C=O) groups is 1. The number of carbonyl (C=O) groups excluding carboxylic acids is 1. The fraction of sp³-hybridized carbons (Fsp3) is 0.714. The Morgan fingerprint density at radius 1 is 1.60 bits per heavy atom. The second-order valence-electron chi connectivity index (χ2n) is 5.97. The van der Waals surface area contributed by atoms with Crippen LogP contribution in [0.4, 0.5) is 4.79 Å². The average Bonchev–Trinajstić information content (AvgIpc) is 2.88. The third-order valence-electron chi connectivity index (χ3n) is 2.97. The highest BCUT2D eigenvalue weighted by molar-refractivity contribution is 7.99. The van der Waals surface area contributed by atoms with Crippen LogP contribution in [0.3, 0.4) is 0 Å². The number of amides is 1. The van der Waals surface area contributed by atoms with Crippen molar-refractivity contribution in [3.63, 3.8) is 0 Å². The molecule has 6 heteroatoms. The summed E-state index contributed by atoms with van der Waals surface area (Å²) in [6.07, 6.45) is 3.97. The van der Waals surface area contributed by atoms with Crippen molar-refractivity contribution in [1.29, 1.82) is 0 Å². The first-order valence-corrected chi connectivity index (χ1v) is 8.84. The molecule has 0 N–H and O–H groups in total. The first-order valence-electron chi connectivity index (χ1n) is 6.91. The molecule has 2 heterocycles. The minimum Gasteiger partial charge on any atom is -0.444 e. The van der Waals surface area contributed by atoms with Crippen LogP contribution >= 0.6 is 23.1 Å². The SMILES string of the molecule is CC(C)(C)OC(=O)N1CCC[C@@H](SCc2cncs2)C1. The summed E-state index contributed by atoms with van der Waals surface area (Å²) in [7, 11) is 0. The van der Waals surface area contributed by atoms with Crippen LogP contribution in [-0.4, -0.2) is 39.9 Å². The summed E-state index contributed by atoms with van der Waals surface area (Å²) in [4.78, 5) is 19.3. The van der Waals surface area contributed by atoms with Gasteiger partial charge in [-0.25, -0.2) is 4.79 Å². The molecule has 1 aromatic rings. The van der Waals surface area contributed by atoms with Crippen molar-refractivity contribution in [3.05, 3.63) is 16.6 Å². The summed E-state index contributed by atoms with van der Waals surface area (Å²) in [5, 5.41) is 0.498. The summed E-state index contributed by atoms with van der Waals surface area (Å²) in [6.45, 7) is 7.32. The Balaban J connectivity index is 1.80. The molecule has 4 nitrogen and oxygen atoms in total. The lowest BCUT2D eigenvalue weighted by molar-refractivity contribution is 0.0220. The van der Waals surface area contributed by atoms with Crippen molar-refractivity contribution in [2.45, 2.75) is 50.2 Å². The maximum absolute atomic E-state index is 12.1. The molecule has 0 spiro atoms. The zero-order valence-electron chi connectivity index (χ0n) is 12.3. The molecule has 0 aliphatic carbocycles. The minimum absolute atomic E-state index is 0.180. The van der Waals surface area contributed by atoms with Crippen LogP contribution in [0.1, 0.15) is 38.5 Å². The lowest BCUT2D eigenvalue weighted by Crippen LogP contribution is -2.43. The molecule has 112 valence electrons. The molecule has 0 unspecified atom stereocenters. The van der Waals surface area contributed by atoms with Crippen LogP contribution < -0.4 is 0 Å². The number of rotatable bonds is 3. The predicted octanol–water partition coefficient (Wildman–Crippen LogP) is 3.78. The van der Waals surface area contributed by atoms with Gasteiger partial charge in [0.15, 0.2) is 0 Å². The molecule has 1 atom stereocenters. The van der Waals surface area contributed by atoms with E-state index in [1.54, 1.807) is 11.3 Å². The maximum Gasteiger partial charge on any atom is 0.410 e. The van der Waals surface area contributed by atoms with E-state index in [0.29, 0.717) is 5.25 Å². The Labute approximate surface area is 128 Å². The highest BCUT2D eigenvalue weighted by Gasteiger charge is 2.27. The molecular weight excluding hydrogens is 292 g/mol. The van der Waals surface area contributed by atoms with Gasteiger partial charge in [0.1, 0.15) is 5.60 Å². The Bertz CT molecular complexity index is 429. The molecular formula is C14H22N2O2S2. The minimum atomic E-state index is -0.417. The largest absolute Gasteiger partial charge is 0.444 e. The van der Waals surface area contributed by atoms with Crippen molar-refractivity contribution in [2.24, 2.45) is 0 Å². The van der Waals surface area contributed by atoms with Gasteiger partial charge in [-0.05, 0) is 33.6 Å². The normalized spacial score (nSPS) is 19.9. The maximum atomic E-state index is 12.1. The molecule has 1 amide bonds. The van der Waals surface area contributed by atoms with E-state index in [-0.39, 0.29) is 6.09 Å². The molecule has 1 aromatic heterocycles. The summed E-state index contributed by atoms with van der Waals surface area (Å²) in [5.41, 5.74) is 1.45. The van der Waals surface area contributed by atoms with Gasteiger partial charge in [-0.2, -0.15) is 11.8 Å². The van der Waals surface area contributed by atoms with Crippen LogP contribution in [0.5, 0.6) is 0 Å². The number of aromatic nitrogens is 1. The van der Waals surface area contributed by atoms with Gasteiger partial charge in [0.2, 0.25) is 0 Å². The Kier molecular flexibility index (Phi) is 5.32. The molecule has 20 heavy (non-hydrogen) atoms. The molecule has 2 rings (SSSR count). The van der Waals surface area contributed by atoms with Crippen LogP contribution in [0, 0.1) is 0 Å². The smallest absolute Gasteiger partial charge is 0.410 e. The molecule has 1 saturated heterocycles. The molecule has 0 saturated carbocycles. The van der Waals surface area contributed by atoms with Gasteiger partial charge in [-0.3, -0.25) is 4.98 Å². The number of hydrogen-bond donors (Lipinski definition) is 0.